The minimum atomic E-state index is -0.479. The summed E-state index contributed by atoms with van der Waals surface area (Å²) in [5.41, 5.74) is 11.5. The van der Waals surface area contributed by atoms with Crippen molar-refractivity contribution in [2.24, 2.45) is 0 Å². The van der Waals surface area contributed by atoms with E-state index >= 15 is 0 Å². The number of ether oxygens (including phenoxy) is 1. The van der Waals surface area contributed by atoms with Crippen LogP contribution in [-0.4, -0.2) is 5.97 Å². The Hall–Kier alpha value is -3.91. The number of hydrogen-bond donors (Lipinski definition) is 0. The quantitative estimate of drug-likeness (QED) is 0.206. The number of fused-ring (bicyclic) bond motifs is 3. The van der Waals surface area contributed by atoms with E-state index in [9.17, 15) is 4.79 Å². The van der Waals surface area contributed by atoms with Gasteiger partial charge in [0, 0.05) is 17.2 Å². The van der Waals surface area contributed by atoms with Gasteiger partial charge in [-0.3, -0.25) is 0 Å². The highest BCUT2D eigenvalue weighted by Gasteiger charge is 2.32. The van der Waals surface area contributed by atoms with Gasteiger partial charge >= 0.3 is 5.97 Å². The van der Waals surface area contributed by atoms with E-state index in [4.69, 9.17) is 4.74 Å². The van der Waals surface area contributed by atoms with Crippen molar-refractivity contribution in [1.82, 2.24) is 0 Å². The van der Waals surface area contributed by atoms with Crippen molar-refractivity contribution in [1.29, 1.82) is 0 Å². The van der Waals surface area contributed by atoms with Gasteiger partial charge in [0.2, 0.25) is 0 Å². The number of carbonyl (C=O) groups is 1. The van der Waals surface area contributed by atoms with Crippen molar-refractivity contribution < 1.29 is 9.53 Å². The molecule has 0 radical (unpaired) electrons. The Labute approximate surface area is 227 Å². The van der Waals surface area contributed by atoms with Crippen LogP contribution in [0.4, 0.5) is 0 Å². The fourth-order valence-electron chi connectivity index (χ4n) is 5.19. The molecule has 1 aliphatic carbocycles. The predicted molar refractivity (Wildman–Crippen MR) is 158 cm³/mol. The summed E-state index contributed by atoms with van der Waals surface area (Å²) in [5.74, 6) is -0.423. The molecule has 0 aromatic heterocycles. The lowest BCUT2D eigenvalue weighted by Gasteiger charge is -2.19. The highest BCUT2D eigenvalue weighted by Crippen LogP contribution is 2.48. The second kappa shape index (κ2) is 9.44. The third-order valence-electron chi connectivity index (χ3n) is 7.53. The zero-order valence-corrected chi connectivity index (χ0v) is 23.3. The molecule has 0 aliphatic heterocycles. The SMILES string of the molecule is C=CC(=O)OC1c2cc(-c3ccc(C(C)(C)C)cc3)ccc2-c2ccc(-c3ccc(C(C)(C)C)cc3)cc21. The topological polar surface area (TPSA) is 26.3 Å². The summed E-state index contributed by atoms with van der Waals surface area (Å²) in [7, 11) is 0. The summed E-state index contributed by atoms with van der Waals surface area (Å²) in [6, 6.07) is 30.5. The van der Waals surface area contributed by atoms with Crippen molar-refractivity contribution in [2.75, 3.05) is 0 Å². The zero-order valence-electron chi connectivity index (χ0n) is 23.3. The maximum atomic E-state index is 12.4. The van der Waals surface area contributed by atoms with E-state index in [2.05, 4.69) is 133 Å². The van der Waals surface area contributed by atoms with Crippen LogP contribution in [-0.2, 0) is 20.4 Å². The van der Waals surface area contributed by atoms with Crippen LogP contribution in [0.15, 0.2) is 97.6 Å². The van der Waals surface area contributed by atoms with Gasteiger partial charge in [0.25, 0.3) is 0 Å². The maximum Gasteiger partial charge on any atom is 0.331 e. The molecule has 0 saturated heterocycles. The first kappa shape index (κ1) is 25.7. The molecule has 38 heavy (non-hydrogen) atoms. The molecule has 0 bridgehead atoms. The number of benzene rings is 4. The standard InChI is InChI=1S/C36H36O2/c1-8-33(37)38-34-31-21-25(23-9-15-27(16-10-23)35(2,3)4)13-19-29(31)30-20-14-26(22-32(30)34)24-11-17-28(18-12-24)36(5,6)7/h8-22,34H,1H2,2-7H3. The summed E-state index contributed by atoms with van der Waals surface area (Å²) in [5, 5.41) is 0. The van der Waals surface area contributed by atoms with Gasteiger partial charge in [-0.25, -0.2) is 4.79 Å². The van der Waals surface area contributed by atoms with Crippen molar-refractivity contribution in [3.8, 4) is 33.4 Å². The lowest BCUT2D eigenvalue weighted by atomic mass is 9.86. The molecule has 0 spiro atoms. The van der Waals surface area contributed by atoms with Gasteiger partial charge < -0.3 is 4.74 Å². The van der Waals surface area contributed by atoms with Crippen LogP contribution in [0, 0.1) is 0 Å². The van der Waals surface area contributed by atoms with Gasteiger partial charge in [-0.1, -0.05) is 121 Å². The van der Waals surface area contributed by atoms with Crippen LogP contribution in [0.1, 0.15) is 69.9 Å². The molecule has 0 amide bonds. The molecule has 0 atom stereocenters. The molecule has 0 fully saturated rings. The van der Waals surface area contributed by atoms with Gasteiger partial charge in [0.05, 0.1) is 0 Å². The summed E-state index contributed by atoms with van der Waals surface area (Å²) in [6.07, 6.45) is 0.759. The van der Waals surface area contributed by atoms with Gasteiger partial charge in [0.15, 0.2) is 6.10 Å². The molecule has 0 N–H and O–H groups in total. The smallest absolute Gasteiger partial charge is 0.331 e. The average Bonchev–Trinajstić information content (AvgIpc) is 3.19. The van der Waals surface area contributed by atoms with E-state index in [0.717, 1.165) is 44.5 Å². The molecule has 4 aromatic rings. The van der Waals surface area contributed by atoms with Crippen molar-refractivity contribution in [3.05, 3.63) is 120 Å². The highest BCUT2D eigenvalue weighted by molar-refractivity contribution is 5.87. The first-order valence-corrected chi connectivity index (χ1v) is 13.3. The Kier molecular flexibility index (Phi) is 6.39. The van der Waals surface area contributed by atoms with Gasteiger partial charge in [-0.05, 0) is 67.5 Å². The molecule has 0 unspecified atom stereocenters. The Morgan fingerprint density at radius 2 is 1.00 bits per heavy atom. The Morgan fingerprint density at radius 1 is 0.632 bits per heavy atom. The zero-order chi connectivity index (χ0) is 27.2. The third kappa shape index (κ3) is 4.84. The van der Waals surface area contributed by atoms with Gasteiger partial charge in [-0.15, -0.1) is 0 Å². The molecule has 192 valence electrons. The van der Waals surface area contributed by atoms with Crippen molar-refractivity contribution in [3.63, 3.8) is 0 Å². The lowest BCUT2D eigenvalue weighted by molar-refractivity contribution is -0.141. The lowest BCUT2D eigenvalue weighted by Crippen LogP contribution is -2.10. The van der Waals surface area contributed by atoms with Crippen LogP contribution in [0.25, 0.3) is 33.4 Å². The first-order valence-electron chi connectivity index (χ1n) is 13.3. The summed E-state index contributed by atoms with van der Waals surface area (Å²) < 4.78 is 5.97. The number of carbonyl (C=O) groups excluding carboxylic acids is 1. The minimum Gasteiger partial charge on any atom is -0.449 e. The Morgan fingerprint density at radius 3 is 1.34 bits per heavy atom. The van der Waals surface area contributed by atoms with Crippen LogP contribution in [0.2, 0.25) is 0 Å². The Balaban J connectivity index is 1.55. The minimum absolute atomic E-state index is 0.104. The summed E-state index contributed by atoms with van der Waals surface area (Å²) >= 11 is 0. The van der Waals surface area contributed by atoms with Gasteiger partial charge in [-0.2, -0.15) is 0 Å². The average molecular weight is 501 g/mol. The molecule has 0 heterocycles. The van der Waals surface area contributed by atoms with Crippen LogP contribution < -0.4 is 0 Å². The van der Waals surface area contributed by atoms with Crippen molar-refractivity contribution >= 4 is 5.97 Å². The maximum absolute atomic E-state index is 12.4. The van der Waals surface area contributed by atoms with Crippen LogP contribution in [0.5, 0.6) is 0 Å². The van der Waals surface area contributed by atoms with Crippen LogP contribution in [0.3, 0.4) is 0 Å². The largest absolute Gasteiger partial charge is 0.449 e. The Bertz CT molecular complexity index is 1400. The first-order chi connectivity index (χ1) is 18.0. The van der Waals surface area contributed by atoms with E-state index in [-0.39, 0.29) is 10.8 Å². The normalized spacial score (nSPS) is 13.1. The van der Waals surface area contributed by atoms with E-state index < -0.39 is 12.1 Å². The number of hydrogen-bond acceptors (Lipinski definition) is 2. The monoisotopic (exact) mass is 500 g/mol. The fraction of sp³-hybridized carbons (Fsp3) is 0.250. The number of rotatable bonds is 4. The van der Waals surface area contributed by atoms with Crippen molar-refractivity contribution in [2.45, 2.75) is 58.5 Å². The second-order valence-electron chi connectivity index (χ2n) is 12.3. The summed E-state index contributed by atoms with van der Waals surface area (Å²) in [6.45, 7) is 17.0. The molecule has 1 aliphatic rings. The van der Waals surface area contributed by atoms with E-state index in [0.29, 0.717) is 0 Å². The van der Waals surface area contributed by atoms with Gasteiger partial charge in [0.1, 0.15) is 0 Å². The molecule has 4 aromatic carbocycles. The predicted octanol–water partition coefficient (Wildman–Crippen LogP) is 9.41. The molecule has 0 saturated carbocycles. The summed E-state index contributed by atoms with van der Waals surface area (Å²) in [4.78, 5) is 12.4. The van der Waals surface area contributed by atoms with E-state index in [1.807, 2.05) is 0 Å². The van der Waals surface area contributed by atoms with Crippen LogP contribution >= 0.6 is 0 Å². The highest BCUT2D eigenvalue weighted by atomic mass is 16.5. The molecule has 5 rings (SSSR count). The molecule has 2 heteroatoms. The fourth-order valence-corrected chi connectivity index (χ4v) is 5.19. The van der Waals surface area contributed by atoms with E-state index in [1.165, 1.54) is 17.2 Å². The molecular weight excluding hydrogens is 464 g/mol. The van der Waals surface area contributed by atoms with E-state index in [1.54, 1.807) is 0 Å². The third-order valence-corrected chi connectivity index (χ3v) is 7.53. The molecular formula is C36H36O2. The molecule has 2 nitrogen and oxygen atoms in total. The number of esters is 1. The second-order valence-corrected chi connectivity index (χ2v) is 12.3.